The van der Waals surface area contributed by atoms with Gasteiger partial charge in [0.2, 0.25) is 11.0 Å². The van der Waals surface area contributed by atoms with Gasteiger partial charge in [0, 0.05) is 5.56 Å². The number of aromatic nitrogens is 3. The van der Waals surface area contributed by atoms with Gasteiger partial charge in [-0.1, -0.05) is 29.4 Å². The third kappa shape index (κ3) is 5.09. The topological polar surface area (TPSA) is 61.5 Å². The van der Waals surface area contributed by atoms with Crippen LogP contribution in [0, 0.1) is 6.92 Å². The third-order valence-corrected chi connectivity index (χ3v) is 5.03. The van der Waals surface area contributed by atoms with Gasteiger partial charge in [0.25, 0.3) is 6.43 Å². The van der Waals surface area contributed by atoms with Crippen molar-refractivity contribution in [3.05, 3.63) is 63.9 Å². The number of hydrogen-bond acceptors (Lipinski definition) is 6. The van der Waals surface area contributed by atoms with Crippen LogP contribution < -0.4 is 9.47 Å². The number of ether oxygens (including phenoxy) is 2. The van der Waals surface area contributed by atoms with Gasteiger partial charge in [-0.25, -0.2) is 8.78 Å². The molecule has 0 aliphatic rings. The lowest BCUT2D eigenvalue weighted by molar-refractivity contribution is 0.135. The molecule has 0 fully saturated rings. The second-order valence-electron chi connectivity index (χ2n) is 6.20. The number of aryl methyl sites for hydroxylation is 1. The molecule has 0 amide bonds. The predicted octanol–water partition coefficient (Wildman–Crippen LogP) is 5.37. The fourth-order valence-electron chi connectivity index (χ4n) is 2.64. The van der Waals surface area contributed by atoms with Crippen LogP contribution in [0.15, 0.2) is 46.7 Å². The van der Waals surface area contributed by atoms with Crippen molar-refractivity contribution in [2.24, 2.45) is 5.10 Å². The third-order valence-electron chi connectivity index (χ3n) is 4.11. The fourth-order valence-corrected chi connectivity index (χ4v) is 3.37. The summed E-state index contributed by atoms with van der Waals surface area (Å²) in [7, 11) is 1.56. The summed E-state index contributed by atoms with van der Waals surface area (Å²) in [4.78, 5) is 0. The number of methoxy groups -OCH3 is 1. The van der Waals surface area contributed by atoms with Crippen molar-refractivity contribution in [1.29, 1.82) is 0 Å². The van der Waals surface area contributed by atoms with Crippen molar-refractivity contribution >= 4 is 29.6 Å². The van der Waals surface area contributed by atoms with Gasteiger partial charge < -0.3 is 9.47 Å². The first-order chi connectivity index (χ1) is 14.4. The molecule has 0 bridgehead atoms. The Bertz CT molecular complexity index is 1060. The van der Waals surface area contributed by atoms with E-state index in [-0.39, 0.29) is 11.8 Å². The fraction of sp³-hybridized carbons (Fsp3) is 0.250. The summed E-state index contributed by atoms with van der Waals surface area (Å²) < 4.78 is 38.5. The minimum atomic E-state index is -2.78. The molecular formula is C20H19ClF2N4O2S. The van der Waals surface area contributed by atoms with E-state index in [4.69, 9.17) is 21.1 Å². The molecule has 0 atom stereocenters. The predicted molar refractivity (Wildman–Crippen MR) is 113 cm³/mol. The van der Waals surface area contributed by atoms with Crippen LogP contribution in [0.1, 0.15) is 28.9 Å². The summed E-state index contributed by atoms with van der Waals surface area (Å²) in [6.45, 7) is 2.15. The van der Waals surface area contributed by atoms with Gasteiger partial charge in [-0.2, -0.15) is 9.78 Å². The number of benzene rings is 2. The van der Waals surface area contributed by atoms with E-state index in [1.54, 1.807) is 37.6 Å². The van der Waals surface area contributed by atoms with Gasteiger partial charge in [-0.3, -0.25) is 0 Å². The van der Waals surface area contributed by atoms with E-state index in [0.717, 1.165) is 15.8 Å². The van der Waals surface area contributed by atoms with Crippen LogP contribution in [-0.4, -0.2) is 34.5 Å². The van der Waals surface area contributed by atoms with Crippen LogP contribution in [0.3, 0.4) is 0 Å². The van der Waals surface area contributed by atoms with Crippen LogP contribution in [-0.2, 0) is 6.61 Å². The zero-order valence-electron chi connectivity index (χ0n) is 16.5. The lowest BCUT2D eigenvalue weighted by Gasteiger charge is -2.12. The second-order valence-corrected chi connectivity index (χ2v) is 7.38. The molecule has 0 spiro atoms. The Labute approximate surface area is 181 Å². The van der Waals surface area contributed by atoms with E-state index in [9.17, 15) is 8.78 Å². The number of alkyl halides is 2. The molecule has 3 aromatic rings. The molecule has 10 heteroatoms. The van der Waals surface area contributed by atoms with Crippen molar-refractivity contribution < 1.29 is 18.3 Å². The Morgan fingerprint density at radius 3 is 2.63 bits per heavy atom. The molecule has 0 saturated carbocycles. The molecule has 158 valence electrons. The van der Waals surface area contributed by atoms with Crippen molar-refractivity contribution in [2.75, 3.05) is 13.4 Å². The van der Waals surface area contributed by atoms with Crippen molar-refractivity contribution in [1.82, 2.24) is 14.9 Å². The Balaban J connectivity index is 1.84. The minimum Gasteiger partial charge on any atom is -0.496 e. The summed E-state index contributed by atoms with van der Waals surface area (Å²) in [5, 5.41) is 12.1. The molecule has 0 radical (unpaired) electrons. The van der Waals surface area contributed by atoms with Gasteiger partial charge in [-0.15, -0.1) is 10.2 Å². The first-order valence-corrected chi connectivity index (χ1v) is 10.4. The highest BCUT2D eigenvalue weighted by Gasteiger charge is 2.19. The molecule has 0 aliphatic carbocycles. The Hall–Kier alpha value is -2.65. The summed E-state index contributed by atoms with van der Waals surface area (Å²) >= 11 is 7.40. The molecule has 1 heterocycles. The normalized spacial score (nSPS) is 11.4. The van der Waals surface area contributed by atoms with E-state index in [2.05, 4.69) is 15.3 Å². The molecule has 3 rings (SSSR count). The van der Waals surface area contributed by atoms with E-state index >= 15 is 0 Å². The monoisotopic (exact) mass is 452 g/mol. The summed E-state index contributed by atoms with van der Waals surface area (Å²) in [6.07, 6.45) is 0.385. The Morgan fingerprint density at radius 1 is 1.20 bits per heavy atom. The van der Waals surface area contributed by atoms with E-state index in [0.29, 0.717) is 22.1 Å². The van der Waals surface area contributed by atoms with E-state index in [1.807, 2.05) is 19.1 Å². The van der Waals surface area contributed by atoms with Crippen LogP contribution in [0.2, 0.25) is 5.02 Å². The van der Waals surface area contributed by atoms with E-state index in [1.165, 1.54) is 18.0 Å². The standard InChI is InChI=1S/C20H19ClF2N4O2S/c1-12-4-6-17(15(21)8-12)29-11-14-9-13(5-7-16(14)28-2)10-24-27-19(18(22)23)25-26-20(27)30-3/h4-10,18H,11H2,1-3H3. The minimum absolute atomic E-state index is 0.207. The average molecular weight is 453 g/mol. The molecular weight excluding hydrogens is 434 g/mol. The number of hydrogen-bond donors (Lipinski definition) is 0. The largest absolute Gasteiger partial charge is 0.496 e. The quantitative estimate of drug-likeness (QED) is 0.339. The Kier molecular flexibility index (Phi) is 7.28. The highest BCUT2D eigenvalue weighted by atomic mass is 35.5. The molecule has 30 heavy (non-hydrogen) atoms. The smallest absolute Gasteiger partial charge is 0.299 e. The lowest BCUT2D eigenvalue weighted by atomic mass is 10.1. The van der Waals surface area contributed by atoms with E-state index < -0.39 is 12.2 Å². The van der Waals surface area contributed by atoms with Crippen LogP contribution in [0.25, 0.3) is 0 Å². The Morgan fingerprint density at radius 2 is 1.97 bits per heavy atom. The van der Waals surface area contributed by atoms with Crippen LogP contribution >= 0.6 is 23.4 Å². The molecule has 0 saturated heterocycles. The van der Waals surface area contributed by atoms with Crippen molar-refractivity contribution in [2.45, 2.75) is 25.1 Å². The second kappa shape index (κ2) is 9.90. The molecule has 1 aromatic heterocycles. The van der Waals surface area contributed by atoms with Crippen molar-refractivity contribution in [3.63, 3.8) is 0 Å². The highest BCUT2D eigenvalue weighted by Crippen LogP contribution is 2.28. The van der Waals surface area contributed by atoms with Gasteiger partial charge in [-0.05, 0) is 54.6 Å². The maximum absolute atomic E-state index is 13.1. The summed E-state index contributed by atoms with van der Waals surface area (Å²) in [5.74, 6) is 0.665. The SMILES string of the molecule is COc1ccc(C=Nn2c(SC)nnc2C(F)F)cc1COc1ccc(C)cc1Cl. The lowest BCUT2D eigenvalue weighted by Crippen LogP contribution is -2.02. The molecule has 0 N–H and O–H groups in total. The van der Waals surface area contributed by atoms with Crippen LogP contribution in [0.5, 0.6) is 11.5 Å². The number of thioether (sulfide) groups is 1. The maximum Gasteiger partial charge on any atom is 0.299 e. The number of halogens is 3. The molecule has 0 unspecified atom stereocenters. The highest BCUT2D eigenvalue weighted by molar-refractivity contribution is 7.98. The first-order valence-electron chi connectivity index (χ1n) is 8.80. The zero-order chi connectivity index (χ0) is 21.7. The first kappa shape index (κ1) is 22.0. The summed E-state index contributed by atoms with van der Waals surface area (Å²) in [6, 6.07) is 10.8. The van der Waals surface area contributed by atoms with Gasteiger partial charge >= 0.3 is 0 Å². The maximum atomic E-state index is 13.1. The average Bonchev–Trinajstić information content (AvgIpc) is 3.15. The molecule has 0 aliphatic heterocycles. The zero-order valence-corrected chi connectivity index (χ0v) is 18.0. The molecule has 2 aromatic carbocycles. The number of rotatable bonds is 8. The molecule has 6 nitrogen and oxygen atoms in total. The number of nitrogens with zero attached hydrogens (tertiary/aromatic N) is 4. The van der Waals surface area contributed by atoms with Gasteiger partial charge in [0.15, 0.2) is 0 Å². The summed E-state index contributed by atoms with van der Waals surface area (Å²) in [5.41, 5.74) is 2.45. The van der Waals surface area contributed by atoms with Crippen molar-refractivity contribution in [3.8, 4) is 11.5 Å². The van der Waals surface area contributed by atoms with Gasteiger partial charge in [0.05, 0.1) is 18.3 Å². The van der Waals surface area contributed by atoms with Crippen LogP contribution in [0.4, 0.5) is 8.78 Å². The van der Waals surface area contributed by atoms with Gasteiger partial charge in [0.1, 0.15) is 18.1 Å².